The third-order valence-electron chi connectivity index (χ3n) is 3.01. The average molecular weight is 504 g/mol. The van der Waals surface area contributed by atoms with Crippen LogP contribution in [0, 0.1) is 27.3 Å². The summed E-state index contributed by atoms with van der Waals surface area (Å²) in [7, 11) is 0. The molecular weight excluding hydrogens is 468 g/mol. The van der Waals surface area contributed by atoms with Gasteiger partial charge in [0.15, 0.2) is 0 Å². The van der Waals surface area contributed by atoms with Crippen molar-refractivity contribution < 1.29 is 29.3 Å². The number of hydrogen-bond donors (Lipinski definition) is 1. The van der Waals surface area contributed by atoms with E-state index in [-0.39, 0.29) is 44.4 Å². The second-order valence-corrected chi connectivity index (χ2v) is 6.69. The molecule has 0 bridgehead atoms. The van der Waals surface area contributed by atoms with Gasteiger partial charge in [-0.2, -0.15) is 30.2 Å². The fraction of sp³-hybridized carbons (Fsp3) is 0.348. The van der Waals surface area contributed by atoms with E-state index in [9.17, 15) is 0 Å². The Labute approximate surface area is 200 Å². The van der Waals surface area contributed by atoms with Gasteiger partial charge in [0.05, 0.1) is 0 Å². The molecule has 1 aliphatic rings. The molecule has 0 amide bonds. The van der Waals surface area contributed by atoms with Gasteiger partial charge < -0.3 is 25.2 Å². The summed E-state index contributed by atoms with van der Waals surface area (Å²) in [6.45, 7) is 11.2. The Morgan fingerprint density at radius 2 is 1.57 bits per heavy atom. The predicted octanol–water partition coefficient (Wildman–Crippen LogP) is 6.67. The summed E-state index contributed by atoms with van der Waals surface area (Å²) in [5.41, 5.74) is 13.5. The molecule has 2 N–H and O–H groups in total. The molecule has 3 rings (SSSR count). The first-order valence-electron chi connectivity index (χ1n) is 8.36. The first-order chi connectivity index (χ1) is 11.8. The Bertz CT molecular complexity index is 635. The molecule has 2 nitrogen and oxygen atoms in total. The summed E-state index contributed by atoms with van der Waals surface area (Å²) in [5, 5.41) is 7.81. The van der Waals surface area contributed by atoms with Gasteiger partial charge >= 0.3 is 28.4 Å². The van der Waals surface area contributed by atoms with Crippen LogP contribution < -0.4 is 0 Å². The summed E-state index contributed by atoms with van der Waals surface area (Å²) in [5.74, 6) is 0. The summed E-state index contributed by atoms with van der Waals surface area (Å²) >= 11 is 1.30. The minimum Gasteiger partial charge on any atom is -0.358 e. The normalized spacial score (nSPS) is 9.50. The van der Waals surface area contributed by atoms with E-state index in [0.29, 0.717) is 6.42 Å². The molecule has 0 fully saturated rings. The van der Waals surface area contributed by atoms with Crippen molar-refractivity contribution in [2.24, 2.45) is 0 Å². The summed E-state index contributed by atoms with van der Waals surface area (Å²) < 4.78 is 3.34. The number of fused-ring (bicyclic) bond motifs is 3. The second kappa shape index (κ2) is 18.7. The van der Waals surface area contributed by atoms with Crippen molar-refractivity contribution in [2.75, 3.05) is 6.61 Å². The monoisotopic (exact) mass is 501 g/mol. The zero-order valence-corrected chi connectivity index (χ0v) is 21.9. The minimum absolute atomic E-state index is 0. The Balaban J connectivity index is -0.000000178. The van der Waals surface area contributed by atoms with Gasteiger partial charge in [0.1, 0.15) is 0 Å². The van der Waals surface area contributed by atoms with Crippen LogP contribution in [0.3, 0.4) is 0 Å². The number of aliphatic hydroxyl groups is 1. The fourth-order valence-corrected chi connectivity index (χ4v) is 2.18. The van der Waals surface area contributed by atoms with Crippen molar-refractivity contribution in [3.8, 4) is 11.1 Å². The van der Waals surface area contributed by atoms with E-state index in [4.69, 9.17) is 10.8 Å². The van der Waals surface area contributed by atoms with Crippen molar-refractivity contribution >= 4 is 29.0 Å². The number of aryl methyl sites for hydroxylation is 1. The molecule has 0 spiro atoms. The van der Waals surface area contributed by atoms with Gasteiger partial charge in [-0.1, -0.05) is 63.1 Å². The summed E-state index contributed by atoms with van der Waals surface area (Å²) in [4.78, 5) is 0. The molecule has 0 aliphatic heterocycles. The Morgan fingerprint density at radius 1 is 1.11 bits per heavy atom. The zero-order chi connectivity index (χ0) is 19.5. The van der Waals surface area contributed by atoms with Crippen LogP contribution in [0.4, 0.5) is 0 Å². The largest absolute Gasteiger partial charge is 0.358 e. The zero-order valence-electron chi connectivity index (χ0n) is 17.8. The molecule has 5 heteroatoms. The van der Waals surface area contributed by atoms with Crippen LogP contribution >= 0.6 is 24.8 Å². The third-order valence-corrected chi connectivity index (χ3v) is 3.01. The molecule has 2 aromatic carbocycles. The molecule has 0 saturated heterocycles. The molecule has 0 aromatic heterocycles. The number of nitrogens with one attached hydrogen (secondary N) is 1. The standard InChI is InChI=1S/C14H11.C4H10N.C3H7O.CH3.CH2.2ClH.Zr/c1-10-6-7-14-12(8-10)9-11-4-2-3-5-13(11)14;1-4(2,3)5;1-2-3-4;;;;;/h2-7H,9H2,1H3;5H,1-3H3;4H,1-3H2;1H3;1H2;2*1H;/q4*-1;;;;. The number of halogens is 2. The summed E-state index contributed by atoms with van der Waals surface area (Å²) in [6, 6.07) is 16.4. The van der Waals surface area contributed by atoms with Crippen molar-refractivity contribution in [3.63, 3.8) is 0 Å². The van der Waals surface area contributed by atoms with E-state index in [1.54, 1.807) is 0 Å². The molecule has 0 saturated carbocycles. The first kappa shape index (κ1) is 35.2. The van der Waals surface area contributed by atoms with Crippen molar-refractivity contribution in [1.82, 2.24) is 0 Å². The van der Waals surface area contributed by atoms with E-state index < -0.39 is 0 Å². The Hall–Kier alpha value is -0.307. The van der Waals surface area contributed by atoms with Crippen molar-refractivity contribution in [3.05, 3.63) is 79.2 Å². The number of hydrogen-bond acceptors (Lipinski definition) is 1. The van der Waals surface area contributed by atoms with E-state index in [2.05, 4.69) is 60.5 Å². The van der Waals surface area contributed by atoms with Gasteiger partial charge in [-0.05, 0) is 6.42 Å². The maximum Gasteiger partial charge on any atom is -0.358 e. The molecular formula is C23H35Cl2NOZr-4. The molecule has 0 radical (unpaired) electrons. The van der Waals surface area contributed by atoms with Gasteiger partial charge in [0.25, 0.3) is 0 Å². The van der Waals surface area contributed by atoms with Gasteiger partial charge in [-0.25, -0.2) is 0 Å². The average Bonchev–Trinajstić information content (AvgIpc) is 2.92. The molecule has 2 aromatic rings. The smallest absolute Gasteiger partial charge is 0.358 e. The van der Waals surface area contributed by atoms with E-state index in [1.165, 1.54) is 52.1 Å². The first-order valence-corrected chi connectivity index (χ1v) is 10.1. The van der Waals surface area contributed by atoms with Gasteiger partial charge in [-0.15, -0.1) is 41.5 Å². The topological polar surface area (TPSA) is 44.0 Å². The summed E-state index contributed by atoms with van der Waals surface area (Å²) in [6.07, 6.45) is 1.67. The van der Waals surface area contributed by atoms with E-state index in [0.717, 1.165) is 6.42 Å². The molecule has 1 aliphatic carbocycles. The quantitative estimate of drug-likeness (QED) is 0.371. The van der Waals surface area contributed by atoms with Gasteiger partial charge in [0, 0.05) is 6.61 Å². The number of aliphatic hydroxyl groups excluding tert-OH is 1. The van der Waals surface area contributed by atoms with Crippen LogP contribution in [0.1, 0.15) is 43.9 Å². The van der Waals surface area contributed by atoms with Crippen LogP contribution in [-0.4, -0.2) is 21.5 Å². The second-order valence-electron chi connectivity index (χ2n) is 6.69. The maximum absolute atomic E-state index is 7.81. The SMILES string of the molecule is CC(C)(C)[NH-].Cc1[c-]c2c(cc1)-c1ccccc1C2.Cl.Cl.[CH2-]CCO.[CH2]=[Zr].[CH3-]. The fourth-order valence-electron chi connectivity index (χ4n) is 2.18. The molecule has 0 unspecified atom stereocenters. The third kappa shape index (κ3) is 14.7. The minimum atomic E-state index is -0.250. The van der Waals surface area contributed by atoms with Crippen LogP contribution in [0.5, 0.6) is 0 Å². The number of rotatable bonds is 1. The molecule has 0 heterocycles. The van der Waals surface area contributed by atoms with Gasteiger partial charge in [0.2, 0.25) is 0 Å². The Morgan fingerprint density at radius 3 is 2.04 bits per heavy atom. The Kier molecular flexibility index (Phi) is 23.5. The number of benzene rings is 2. The predicted molar refractivity (Wildman–Crippen MR) is 127 cm³/mol. The van der Waals surface area contributed by atoms with Crippen LogP contribution in [0.2, 0.25) is 0 Å². The van der Waals surface area contributed by atoms with Crippen molar-refractivity contribution in [1.29, 1.82) is 0 Å². The molecule has 160 valence electrons. The molecule has 0 atom stereocenters. The van der Waals surface area contributed by atoms with Gasteiger partial charge in [-0.3, -0.25) is 0 Å². The van der Waals surface area contributed by atoms with E-state index >= 15 is 0 Å². The van der Waals surface area contributed by atoms with Crippen LogP contribution in [-0.2, 0) is 30.7 Å². The van der Waals surface area contributed by atoms with E-state index in [1.807, 2.05) is 20.8 Å². The van der Waals surface area contributed by atoms with Crippen LogP contribution in [0.15, 0.2) is 36.4 Å². The maximum atomic E-state index is 7.81. The van der Waals surface area contributed by atoms with Crippen LogP contribution in [0.25, 0.3) is 16.9 Å². The van der Waals surface area contributed by atoms with Crippen molar-refractivity contribution in [2.45, 2.75) is 46.1 Å². The molecule has 28 heavy (non-hydrogen) atoms.